The summed E-state index contributed by atoms with van der Waals surface area (Å²) in [5.41, 5.74) is 16.2. The van der Waals surface area contributed by atoms with Crippen molar-refractivity contribution >= 4 is 50.8 Å². The molecule has 1 aromatic heterocycles. The number of rotatable bonds is 7. The Morgan fingerprint density at radius 2 is 1.57 bits per heavy atom. The molecule has 288 valence electrons. The number of furan rings is 1. The second-order valence-corrected chi connectivity index (χ2v) is 16.5. The van der Waals surface area contributed by atoms with E-state index in [2.05, 4.69) is 193 Å². The van der Waals surface area contributed by atoms with Gasteiger partial charge in [0.15, 0.2) is 0 Å². The molecule has 6 aromatic rings. The zero-order valence-corrected chi connectivity index (χ0v) is 34.7. The smallest absolute Gasteiger partial charge is 0.142 e. The van der Waals surface area contributed by atoms with Gasteiger partial charge in [0, 0.05) is 22.3 Å². The molecule has 8 rings (SSSR count). The second kappa shape index (κ2) is 16.4. The molecule has 58 heavy (non-hydrogen) atoms. The molecule has 1 unspecified atom stereocenters. The summed E-state index contributed by atoms with van der Waals surface area (Å²) < 4.78 is 6.81. The first-order chi connectivity index (χ1) is 28.2. The molecule has 1 nitrogen and oxygen atoms in total. The van der Waals surface area contributed by atoms with Crippen molar-refractivity contribution in [3.05, 3.63) is 219 Å². The quantitative estimate of drug-likeness (QED) is 0.148. The highest BCUT2D eigenvalue weighted by atomic mass is 16.3. The van der Waals surface area contributed by atoms with Crippen molar-refractivity contribution in [2.75, 3.05) is 0 Å². The van der Waals surface area contributed by atoms with Gasteiger partial charge in [-0.3, -0.25) is 0 Å². The van der Waals surface area contributed by atoms with Crippen molar-refractivity contribution < 1.29 is 4.42 Å². The van der Waals surface area contributed by atoms with Gasteiger partial charge in [-0.05, 0) is 134 Å². The van der Waals surface area contributed by atoms with Crippen LogP contribution >= 0.6 is 0 Å². The van der Waals surface area contributed by atoms with Gasteiger partial charge in [0.05, 0.1) is 0 Å². The maximum Gasteiger partial charge on any atom is 0.142 e. The van der Waals surface area contributed by atoms with Gasteiger partial charge in [-0.1, -0.05) is 174 Å². The minimum atomic E-state index is -0.159. The Bertz CT molecular complexity index is 2870. The monoisotopic (exact) mass is 754 g/mol. The van der Waals surface area contributed by atoms with E-state index >= 15 is 0 Å². The van der Waals surface area contributed by atoms with Crippen LogP contribution in [-0.2, 0) is 5.41 Å². The number of allylic oxidation sites excluding steroid dienone is 10. The Labute approximate surface area is 344 Å². The van der Waals surface area contributed by atoms with E-state index in [0.717, 1.165) is 80.7 Å². The molecular weight excluding hydrogens is 701 g/mol. The third kappa shape index (κ3) is 7.38. The van der Waals surface area contributed by atoms with Crippen LogP contribution in [0, 0.1) is 6.92 Å². The third-order valence-electron chi connectivity index (χ3n) is 12.2. The molecule has 0 saturated carbocycles. The average molecular weight is 755 g/mol. The van der Waals surface area contributed by atoms with Crippen LogP contribution in [0.5, 0.6) is 0 Å². The lowest BCUT2D eigenvalue weighted by atomic mass is 9.74. The molecule has 5 aromatic carbocycles. The van der Waals surface area contributed by atoms with Crippen molar-refractivity contribution in [2.45, 2.75) is 71.6 Å². The minimum absolute atomic E-state index is 0.159. The molecule has 0 spiro atoms. The normalized spacial score (nSPS) is 18.4. The summed E-state index contributed by atoms with van der Waals surface area (Å²) in [5, 5.41) is 4.66. The molecule has 2 aliphatic carbocycles. The van der Waals surface area contributed by atoms with Gasteiger partial charge in [0.1, 0.15) is 11.2 Å². The van der Waals surface area contributed by atoms with Crippen LogP contribution in [0.1, 0.15) is 98.2 Å². The molecule has 0 aliphatic heterocycles. The number of aryl methyl sites for hydroxylation is 1. The van der Waals surface area contributed by atoms with E-state index in [4.69, 9.17) is 11.0 Å². The first-order valence-electron chi connectivity index (χ1n) is 20.9. The number of para-hydroxylation sites is 1. The van der Waals surface area contributed by atoms with Crippen molar-refractivity contribution in [3.8, 4) is 0 Å². The summed E-state index contributed by atoms with van der Waals surface area (Å²) in [6, 6.07) is 37.7. The summed E-state index contributed by atoms with van der Waals surface area (Å²) in [6.45, 7) is 20.5. The third-order valence-corrected chi connectivity index (χ3v) is 12.2. The largest absolute Gasteiger partial charge is 0.455 e. The first-order valence-corrected chi connectivity index (χ1v) is 20.9. The Morgan fingerprint density at radius 1 is 0.828 bits per heavy atom. The molecule has 0 amide bonds. The summed E-state index contributed by atoms with van der Waals surface area (Å²) >= 11 is 0. The van der Waals surface area contributed by atoms with E-state index in [1.807, 2.05) is 6.08 Å². The van der Waals surface area contributed by atoms with E-state index in [1.54, 1.807) is 0 Å². The molecule has 1 atom stereocenters. The molecule has 2 aliphatic rings. The fourth-order valence-corrected chi connectivity index (χ4v) is 9.04. The van der Waals surface area contributed by atoms with Crippen LogP contribution < -0.4 is 10.4 Å². The predicted molar refractivity (Wildman–Crippen MR) is 251 cm³/mol. The molecule has 1 heterocycles. The van der Waals surface area contributed by atoms with Crippen molar-refractivity contribution in [1.29, 1.82) is 0 Å². The van der Waals surface area contributed by atoms with E-state index < -0.39 is 0 Å². The Morgan fingerprint density at radius 3 is 2.38 bits per heavy atom. The van der Waals surface area contributed by atoms with E-state index in [9.17, 15) is 0 Å². The standard InChI is InChI=1S/C57H54O/c1-8-10-21-42-35-43(31-30-38(42)3)41(9-2)34-39(4)45-22-13-11-12-14-24-48(50-26-16-15-25-49(45)50)44-36-53-46(32-33-52-51-27-18-20-29-55(51)58-56(52)53)40(5)47-23-17-19-28-54(47)57(6,7)37-44/h9-10,13-36,40H,2,4,8,11-12,37H2,1,3,5-7H3/b21-10-,22-13?,24-14+,41-34+,44-36?,49-45?,50-48+. The van der Waals surface area contributed by atoms with Crippen LogP contribution in [0.2, 0.25) is 0 Å². The summed E-state index contributed by atoms with van der Waals surface area (Å²) in [5.74, 6) is 0.169. The van der Waals surface area contributed by atoms with Crippen LogP contribution in [0.15, 0.2) is 174 Å². The summed E-state index contributed by atoms with van der Waals surface area (Å²) in [6.07, 6.45) is 24.1. The lowest BCUT2D eigenvalue weighted by Gasteiger charge is -2.30. The molecular formula is C57H54O. The molecule has 0 saturated heterocycles. The maximum atomic E-state index is 6.81. The Hall–Kier alpha value is -6.18. The fraction of sp³-hybridized carbons (Fsp3) is 0.193. The topological polar surface area (TPSA) is 13.1 Å². The van der Waals surface area contributed by atoms with Crippen molar-refractivity contribution in [3.63, 3.8) is 0 Å². The Kier molecular flexibility index (Phi) is 10.9. The Balaban J connectivity index is 1.41. The number of benzene rings is 5. The van der Waals surface area contributed by atoms with Crippen molar-refractivity contribution in [2.24, 2.45) is 0 Å². The highest BCUT2D eigenvalue weighted by Gasteiger charge is 2.31. The van der Waals surface area contributed by atoms with E-state index in [-0.39, 0.29) is 11.3 Å². The molecule has 0 N–H and O–H groups in total. The van der Waals surface area contributed by atoms with Crippen LogP contribution in [0.3, 0.4) is 0 Å². The average Bonchev–Trinajstić information content (AvgIpc) is 3.63. The lowest BCUT2D eigenvalue weighted by molar-refractivity contribution is 0.520. The molecule has 1 heteroatoms. The van der Waals surface area contributed by atoms with Gasteiger partial charge in [0.25, 0.3) is 0 Å². The van der Waals surface area contributed by atoms with E-state index in [0.29, 0.717) is 0 Å². The first kappa shape index (κ1) is 38.7. The zero-order valence-electron chi connectivity index (χ0n) is 34.7. The number of fused-ring (bicyclic) bond motifs is 7. The molecule has 0 bridgehead atoms. The highest BCUT2D eigenvalue weighted by Crippen LogP contribution is 2.45. The van der Waals surface area contributed by atoms with Gasteiger partial charge in [-0.15, -0.1) is 0 Å². The second-order valence-electron chi connectivity index (χ2n) is 16.5. The van der Waals surface area contributed by atoms with Gasteiger partial charge in [0.2, 0.25) is 0 Å². The van der Waals surface area contributed by atoms with Crippen LogP contribution in [0.25, 0.3) is 50.8 Å². The molecule has 0 fully saturated rings. The zero-order chi connectivity index (χ0) is 40.4. The predicted octanol–water partition coefficient (Wildman–Crippen LogP) is 14.3. The van der Waals surface area contributed by atoms with Gasteiger partial charge in [-0.2, -0.15) is 0 Å². The number of hydrogen-bond acceptors (Lipinski definition) is 1. The SMILES string of the molecule is C=C/C(=C\C(=C)C1=c2cccc/c2=C(C2=Cc3c(ccc4c3oc3ccccc34)C(C)c3ccccc3C(C)(C)C2)/C=C/CCC=C1)c1ccc(C)c(/C=C\CC)c1. The van der Waals surface area contributed by atoms with Gasteiger partial charge in [-0.25, -0.2) is 0 Å². The number of hydrogen-bond donors (Lipinski definition) is 0. The summed E-state index contributed by atoms with van der Waals surface area (Å²) in [4.78, 5) is 0. The highest BCUT2D eigenvalue weighted by molar-refractivity contribution is 6.08. The molecule has 0 radical (unpaired) electrons. The summed E-state index contributed by atoms with van der Waals surface area (Å²) in [7, 11) is 0. The lowest BCUT2D eigenvalue weighted by Crippen LogP contribution is -2.30. The van der Waals surface area contributed by atoms with E-state index in [1.165, 1.54) is 44.2 Å². The van der Waals surface area contributed by atoms with Gasteiger partial charge < -0.3 is 4.42 Å². The fourth-order valence-electron chi connectivity index (χ4n) is 9.04. The minimum Gasteiger partial charge on any atom is -0.455 e. The maximum absolute atomic E-state index is 6.81. The van der Waals surface area contributed by atoms with Crippen LogP contribution in [-0.4, -0.2) is 0 Å². The van der Waals surface area contributed by atoms with Crippen LogP contribution in [0.4, 0.5) is 0 Å². The van der Waals surface area contributed by atoms with Crippen molar-refractivity contribution in [1.82, 2.24) is 0 Å². The van der Waals surface area contributed by atoms with Gasteiger partial charge >= 0.3 is 0 Å².